The van der Waals surface area contributed by atoms with Crippen molar-refractivity contribution >= 4 is 0 Å². The molecule has 1 atom stereocenters. The van der Waals surface area contributed by atoms with Gasteiger partial charge >= 0.3 is 0 Å². The van der Waals surface area contributed by atoms with Crippen LogP contribution in [0.1, 0.15) is 20.3 Å². The molecule has 1 aliphatic heterocycles. The van der Waals surface area contributed by atoms with Gasteiger partial charge in [0.25, 0.3) is 0 Å². The maximum atomic E-state index is 3.23. The molecule has 0 bridgehead atoms. The Hall–Kier alpha value is -0.0800. The number of piperazine rings is 1. The third-order valence-corrected chi connectivity index (χ3v) is 2.23. The van der Waals surface area contributed by atoms with Crippen LogP contribution in [0.15, 0.2) is 0 Å². The molecule has 0 aliphatic carbocycles. The molecular weight excluding hydrogens is 124 g/mol. The van der Waals surface area contributed by atoms with Gasteiger partial charge in [-0.25, -0.2) is 0 Å². The zero-order valence-corrected chi connectivity index (χ0v) is 6.93. The Labute approximate surface area is 63.6 Å². The molecule has 1 heterocycles. The Morgan fingerprint density at radius 3 is 3.00 bits per heavy atom. The van der Waals surface area contributed by atoms with Gasteiger partial charge in [0.05, 0.1) is 0 Å². The SMILES string of the molecule is CCC(C)N1C[CH]NCC1. The fourth-order valence-corrected chi connectivity index (χ4v) is 1.24. The molecule has 0 saturated carbocycles. The third kappa shape index (κ3) is 1.96. The van der Waals surface area contributed by atoms with Crippen LogP contribution < -0.4 is 5.32 Å². The van der Waals surface area contributed by atoms with E-state index in [1.54, 1.807) is 0 Å². The van der Waals surface area contributed by atoms with Crippen molar-refractivity contribution < 1.29 is 0 Å². The second kappa shape index (κ2) is 3.94. The van der Waals surface area contributed by atoms with Crippen molar-refractivity contribution in [1.82, 2.24) is 10.2 Å². The highest BCUT2D eigenvalue weighted by Gasteiger charge is 2.13. The van der Waals surface area contributed by atoms with Gasteiger partial charge in [0.2, 0.25) is 0 Å². The Morgan fingerprint density at radius 1 is 1.70 bits per heavy atom. The summed E-state index contributed by atoms with van der Waals surface area (Å²) in [6, 6.07) is 0.748. The smallest absolute Gasteiger partial charge is 0.0362 e. The lowest BCUT2D eigenvalue weighted by Gasteiger charge is -2.31. The van der Waals surface area contributed by atoms with E-state index in [4.69, 9.17) is 0 Å². The van der Waals surface area contributed by atoms with Gasteiger partial charge in [0, 0.05) is 32.2 Å². The van der Waals surface area contributed by atoms with Crippen molar-refractivity contribution in [1.29, 1.82) is 0 Å². The first-order valence-electron chi connectivity index (χ1n) is 4.13. The second-order valence-electron chi connectivity index (χ2n) is 2.91. The van der Waals surface area contributed by atoms with Gasteiger partial charge in [-0.05, 0) is 13.3 Å². The molecule has 0 spiro atoms. The van der Waals surface area contributed by atoms with E-state index < -0.39 is 0 Å². The van der Waals surface area contributed by atoms with E-state index in [2.05, 4.69) is 30.6 Å². The van der Waals surface area contributed by atoms with Crippen LogP contribution in [0.5, 0.6) is 0 Å². The Balaban J connectivity index is 2.24. The molecule has 2 nitrogen and oxygen atoms in total. The first-order valence-corrected chi connectivity index (χ1v) is 4.13. The second-order valence-corrected chi connectivity index (χ2v) is 2.91. The normalized spacial score (nSPS) is 24.6. The summed E-state index contributed by atoms with van der Waals surface area (Å²) in [7, 11) is 0. The van der Waals surface area contributed by atoms with Gasteiger partial charge in [-0.15, -0.1) is 0 Å². The first-order chi connectivity index (χ1) is 4.84. The minimum absolute atomic E-state index is 0.748. The molecule has 0 amide bonds. The van der Waals surface area contributed by atoms with Crippen LogP contribution in [-0.4, -0.2) is 30.6 Å². The van der Waals surface area contributed by atoms with Crippen molar-refractivity contribution in [2.45, 2.75) is 26.3 Å². The molecule has 1 radical (unpaired) electrons. The summed E-state index contributed by atoms with van der Waals surface area (Å²) in [6.07, 6.45) is 1.26. The summed E-state index contributed by atoms with van der Waals surface area (Å²) in [5.41, 5.74) is 0. The van der Waals surface area contributed by atoms with Crippen LogP contribution in [0.4, 0.5) is 0 Å². The predicted molar refractivity (Wildman–Crippen MR) is 43.6 cm³/mol. The van der Waals surface area contributed by atoms with Crippen LogP contribution in [0.25, 0.3) is 0 Å². The lowest BCUT2D eigenvalue weighted by Crippen LogP contribution is -2.44. The Bertz CT molecular complexity index is 87.3. The highest BCUT2D eigenvalue weighted by molar-refractivity contribution is 4.79. The molecule has 0 aromatic carbocycles. The van der Waals surface area contributed by atoms with E-state index >= 15 is 0 Å². The van der Waals surface area contributed by atoms with Gasteiger partial charge in [-0.3, -0.25) is 4.90 Å². The van der Waals surface area contributed by atoms with Crippen LogP contribution in [0.3, 0.4) is 0 Å². The molecule has 1 saturated heterocycles. The van der Waals surface area contributed by atoms with Crippen LogP contribution >= 0.6 is 0 Å². The predicted octanol–water partition coefficient (Wildman–Crippen LogP) is 0.852. The maximum Gasteiger partial charge on any atom is 0.0362 e. The van der Waals surface area contributed by atoms with Gasteiger partial charge in [0.15, 0.2) is 0 Å². The van der Waals surface area contributed by atoms with Crippen molar-refractivity contribution in [2.24, 2.45) is 0 Å². The number of hydrogen-bond acceptors (Lipinski definition) is 2. The summed E-state index contributed by atoms with van der Waals surface area (Å²) in [4.78, 5) is 2.50. The van der Waals surface area contributed by atoms with Crippen LogP contribution in [0.2, 0.25) is 0 Å². The number of hydrogen-bond donors (Lipinski definition) is 1. The lowest BCUT2D eigenvalue weighted by atomic mass is 10.2. The Morgan fingerprint density at radius 2 is 2.50 bits per heavy atom. The molecule has 10 heavy (non-hydrogen) atoms. The summed E-state index contributed by atoms with van der Waals surface area (Å²) >= 11 is 0. The molecular formula is C8H17N2. The molecule has 1 rings (SSSR count). The lowest BCUT2D eigenvalue weighted by molar-refractivity contribution is 0.197. The summed E-state index contributed by atoms with van der Waals surface area (Å²) < 4.78 is 0. The number of nitrogens with one attached hydrogen (secondary N) is 1. The van der Waals surface area contributed by atoms with Crippen molar-refractivity contribution in [3.05, 3.63) is 6.54 Å². The Kier molecular flexibility index (Phi) is 3.16. The molecule has 1 aliphatic rings. The van der Waals surface area contributed by atoms with E-state index in [0.717, 1.165) is 19.1 Å². The standard InChI is InChI=1S/C8H17N2/c1-3-8(2)10-6-4-9-5-7-10/h4,8-9H,3,5-7H2,1-2H3. The molecule has 1 N–H and O–H groups in total. The van der Waals surface area contributed by atoms with Crippen molar-refractivity contribution in [3.8, 4) is 0 Å². The quantitative estimate of drug-likeness (QED) is 0.613. The van der Waals surface area contributed by atoms with Crippen molar-refractivity contribution in [2.75, 3.05) is 19.6 Å². The van der Waals surface area contributed by atoms with Gasteiger partial charge in [-0.2, -0.15) is 0 Å². The van der Waals surface area contributed by atoms with Crippen molar-refractivity contribution in [3.63, 3.8) is 0 Å². The van der Waals surface area contributed by atoms with E-state index in [1.165, 1.54) is 13.0 Å². The maximum absolute atomic E-state index is 3.23. The minimum Gasteiger partial charge on any atom is -0.310 e. The van der Waals surface area contributed by atoms with E-state index in [1.807, 2.05) is 0 Å². The van der Waals surface area contributed by atoms with Gasteiger partial charge in [0.1, 0.15) is 0 Å². The highest BCUT2D eigenvalue weighted by Crippen LogP contribution is 2.04. The summed E-state index contributed by atoms with van der Waals surface area (Å²) in [5.74, 6) is 0. The fraction of sp³-hybridized carbons (Fsp3) is 0.875. The average Bonchev–Trinajstić information content (AvgIpc) is 2.05. The first kappa shape index (κ1) is 8.02. The molecule has 0 aromatic heterocycles. The third-order valence-electron chi connectivity index (χ3n) is 2.23. The monoisotopic (exact) mass is 141 g/mol. The van der Waals surface area contributed by atoms with E-state index in [0.29, 0.717) is 0 Å². The molecule has 2 heteroatoms. The zero-order valence-electron chi connectivity index (χ0n) is 6.93. The minimum atomic E-state index is 0.748. The molecule has 59 valence electrons. The largest absolute Gasteiger partial charge is 0.310 e. The molecule has 0 aromatic rings. The van der Waals surface area contributed by atoms with E-state index in [-0.39, 0.29) is 0 Å². The topological polar surface area (TPSA) is 15.3 Å². The summed E-state index contributed by atoms with van der Waals surface area (Å²) in [5, 5.41) is 3.23. The van der Waals surface area contributed by atoms with Crippen LogP contribution in [0, 0.1) is 6.54 Å². The summed E-state index contributed by atoms with van der Waals surface area (Å²) in [6.45, 7) is 10.1. The number of nitrogens with zero attached hydrogens (tertiary/aromatic N) is 1. The molecule has 1 fully saturated rings. The van der Waals surface area contributed by atoms with E-state index in [9.17, 15) is 0 Å². The molecule has 1 unspecified atom stereocenters. The van der Waals surface area contributed by atoms with Crippen LogP contribution in [-0.2, 0) is 0 Å². The van der Waals surface area contributed by atoms with Gasteiger partial charge < -0.3 is 5.32 Å². The fourth-order valence-electron chi connectivity index (χ4n) is 1.24. The zero-order chi connectivity index (χ0) is 7.40. The van der Waals surface area contributed by atoms with Gasteiger partial charge in [-0.1, -0.05) is 6.92 Å². The average molecular weight is 141 g/mol. The highest BCUT2D eigenvalue weighted by atomic mass is 15.2. The number of rotatable bonds is 2.